The summed E-state index contributed by atoms with van der Waals surface area (Å²) in [6.07, 6.45) is 3.98. The largest absolute Gasteiger partial charge is 0.364 e. The third-order valence-corrected chi connectivity index (χ3v) is 1.65. The van der Waals surface area contributed by atoms with Crippen LogP contribution in [0.1, 0.15) is 19.8 Å². The van der Waals surface area contributed by atoms with Gasteiger partial charge >= 0.3 is 0 Å². The van der Waals surface area contributed by atoms with Gasteiger partial charge in [0.1, 0.15) is 0 Å². The highest BCUT2D eigenvalue weighted by Gasteiger charge is 1.94. The summed E-state index contributed by atoms with van der Waals surface area (Å²) >= 11 is 4.93. The molecule has 3 nitrogen and oxygen atoms in total. The number of nitrogens with zero attached hydrogens (tertiary/aromatic N) is 2. The van der Waals surface area contributed by atoms with Crippen LogP contribution in [-0.4, -0.2) is 30.4 Å². The lowest BCUT2D eigenvalue weighted by Crippen LogP contribution is -2.30. The van der Waals surface area contributed by atoms with Gasteiger partial charge in [-0.25, -0.2) is 5.01 Å². The first-order valence-corrected chi connectivity index (χ1v) is 4.11. The van der Waals surface area contributed by atoms with Crippen LogP contribution in [0, 0.1) is 0 Å². The average Bonchev–Trinajstić information content (AvgIpc) is 2.03. The molecule has 0 aromatic carbocycles. The second-order valence-corrected chi connectivity index (χ2v) is 2.55. The SMILES string of the molecule is CCC/C=N/N(C)C(=S)NC. The molecule has 0 saturated carbocycles. The van der Waals surface area contributed by atoms with Crippen molar-refractivity contribution in [3.05, 3.63) is 0 Å². The number of thiocarbonyl (C=S) groups is 1. The predicted octanol–water partition coefficient (Wildman–Crippen LogP) is 1.21. The van der Waals surface area contributed by atoms with E-state index in [0.717, 1.165) is 12.8 Å². The third kappa shape index (κ3) is 4.72. The van der Waals surface area contributed by atoms with E-state index in [-0.39, 0.29) is 0 Å². The molecule has 0 spiro atoms. The minimum absolute atomic E-state index is 0.636. The second kappa shape index (κ2) is 6.09. The van der Waals surface area contributed by atoms with Crippen molar-refractivity contribution in [3.8, 4) is 0 Å². The fourth-order valence-electron chi connectivity index (χ4n) is 0.524. The van der Waals surface area contributed by atoms with Crippen LogP contribution in [0.4, 0.5) is 0 Å². The Morgan fingerprint density at radius 2 is 2.36 bits per heavy atom. The highest BCUT2D eigenvalue weighted by atomic mass is 32.1. The molecular formula is C7H15N3S. The van der Waals surface area contributed by atoms with Gasteiger partial charge in [0.15, 0.2) is 5.11 Å². The molecule has 0 radical (unpaired) electrons. The van der Waals surface area contributed by atoms with Crippen LogP contribution in [0.15, 0.2) is 5.10 Å². The molecule has 0 saturated heterocycles. The monoisotopic (exact) mass is 173 g/mol. The van der Waals surface area contributed by atoms with E-state index in [1.807, 2.05) is 13.3 Å². The van der Waals surface area contributed by atoms with Crippen molar-refractivity contribution in [3.63, 3.8) is 0 Å². The van der Waals surface area contributed by atoms with Crippen molar-refractivity contribution in [1.29, 1.82) is 0 Å². The molecule has 0 heterocycles. The Balaban J connectivity index is 3.66. The lowest BCUT2D eigenvalue weighted by Gasteiger charge is -2.12. The zero-order valence-electron chi connectivity index (χ0n) is 7.29. The van der Waals surface area contributed by atoms with Crippen LogP contribution in [0.3, 0.4) is 0 Å². The maximum atomic E-state index is 4.93. The van der Waals surface area contributed by atoms with Crippen molar-refractivity contribution in [1.82, 2.24) is 10.3 Å². The molecule has 1 N–H and O–H groups in total. The first-order valence-electron chi connectivity index (χ1n) is 3.70. The van der Waals surface area contributed by atoms with E-state index in [0.29, 0.717) is 5.11 Å². The molecule has 64 valence electrons. The van der Waals surface area contributed by atoms with Gasteiger partial charge in [-0.15, -0.1) is 0 Å². The van der Waals surface area contributed by atoms with Crippen LogP contribution in [0.25, 0.3) is 0 Å². The molecule has 0 aliphatic heterocycles. The van der Waals surface area contributed by atoms with Crippen molar-refractivity contribution >= 4 is 23.5 Å². The van der Waals surface area contributed by atoms with Gasteiger partial charge < -0.3 is 5.32 Å². The van der Waals surface area contributed by atoms with Gasteiger partial charge in [-0.1, -0.05) is 13.3 Å². The Morgan fingerprint density at radius 3 is 2.82 bits per heavy atom. The van der Waals surface area contributed by atoms with E-state index in [1.54, 1.807) is 12.1 Å². The highest BCUT2D eigenvalue weighted by Crippen LogP contribution is 1.86. The summed E-state index contributed by atoms with van der Waals surface area (Å²) in [6.45, 7) is 2.11. The van der Waals surface area contributed by atoms with Crippen LogP contribution in [0.5, 0.6) is 0 Å². The Hall–Kier alpha value is -0.640. The van der Waals surface area contributed by atoms with Crippen molar-refractivity contribution in [2.24, 2.45) is 5.10 Å². The van der Waals surface area contributed by atoms with Crippen LogP contribution < -0.4 is 5.32 Å². The van der Waals surface area contributed by atoms with Gasteiger partial charge in [0.25, 0.3) is 0 Å². The molecule has 4 heteroatoms. The molecule has 0 fully saturated rings. The molecule has 0 aromatic rings. The minimum Gasteiger partial charge on any atom is -0.364 e. The summed E-state index contributed by atoms with van der Waals surface area (Å²) in [5.41, 5.74) is 0. The Labute approximate surface area is 73.5 Å². The molecule has 0 aliphatic rings. The van der Waals surface area contributed by atoms with E-state index >= 15 is 0 Å². The Morgan fingerprint density at radius 1 is 1.73 bits per heavy atom. The van der Waals surface area contributed by atoms with Gasteiger partial charge in [-0.3, -0.25) is 0 Å². The summed E-state index contributed by atoms with van der Waals surface area (Å²) in [5, 5.41) is 9.20. The molecule has 0 aromatic heterocycles. The van der Waals surface area contributed by atoms with Gasteiger partial charge in [0.05, 0.1) is 0 Å². The summed E-state index contributed by atoms with van der Waals surface area (Å²) in [5.74, 6) is 0. The van der Waals surface area contributed by atoms with Gasteiger partial charge in [0.2, 0.25) is 0 Å². The summed E-state index contributed by atoms with van der Waals surface area (Å²) in [6, 6.07) is 0. The fourth-order valence-corrected chi connectivity index (χ4v) is 0.571. The van der Waals surface area contributed by atoms with Crippen molar-refractivity contribution < 1.29 is 0 Å². The highest BCUT2D eigenvalue weighted by molar-refractivity contribution is 7.80. The minimum atomic E-state index is 0.636. The lowest BCUT2D eigenvalue weighted by molar-refractivity contribution is 0.538. The normalized spacial score (nSPS) is 10.1. The van der Waals surface area contributed by atoms with Crippen molar-refractivity contribution in [2.75, 3.05) is 14.1 Å². The van der Waals surface area contributed by atoms with E-state index in [9.17, 15) is 0 Å². The predicted molar refractivity (Wildman–Crippen MR) is 52.8 cm³/mol. The molecule has 0 rings (SSSR count). The maximum Gasteiger partial charge on any atom is 0.189 e. The summed E-state index contributed by atoms with van der Waals surface area (Å²) in [4.78, 5) is 0. The van der Waals surface area contributed by atoms with E-state index in [4.69, 9.17) is 12.2 Å². The smallest absolute Gasteiger partial charge is 0.189 e. The first-order chi connectivity index (χ1) is 5.22. The van der Waals surface area contributed by atoms with E-state index in [1.165, 1.54) is 0 Å². The topological polar surface area (TPSA) is 27.6 Å². The number of unbranched alkanes of at least 4 members (excludes halogenated alkanes) is 1. The van der Waals surface area contributed by atoms with E-state index < -0.39 is 0 Å². The van der Waals surface area contributed by atoms with Gasteiger partial charge in [0, 0.05) is 20.3 Å². The summed E-state index contributed by atoms with van der Waals surface area (Å²) in [7, 11) is 3.61. The molecule has 11 heavy (non-hydrogen) atoms. The molecule has 0 atom stereocenters. The molecule has 0 aliphatic carbocycles. The van der Waals surface area contributed by atoms with E-state index in [2.05, 4.69) is 17.3 Å². The van der Waals surface area contributed by atoms with Crippen LogP contribution in [-0.2, 0) is 0 Å². The molecule has 0 unspecified atom stereocenters. The van der Waals surface area contributed by atoms with Gasteiger partial charge in [-0.05, 0) is 18.6 Å². The number of hydrazone groups is 1. The fraction of sp³-hybridized carbons (Fsp3) is 0.714. The lowest BCUT2D eigenvalue weighted by atomic mass is 10.4. The standard InChI is InChI=1S/C7H15N3S/c1-4-5-6-9-10(3)7(11)8-2/h6H,4-5H2,1-3H3,(H,8,11)/b9-6+. The average molecular weight is 173 g/mol. The van der Waals surface area contributed by atoms with Gasteiger partial charge in [-0.2, -0.15) is 5.10 Å². The zero-order valence-corrected chi connectivity index (χ0v) is 8.11. The van der Waals surface area contributed by atoms with Crippen LogP contribution >= 0.6 is 12.2 Å². The first kappa shape index (κ1) is 10.4. The number of rotatable bonds is 3. The Bertz CT molecular complexity index is 145. The zero-order chi connectivity index (χ0) is 8.69. The van der Waals surface area contributed by atoms with Crippen molar-refractivity contribution in [2.45, 2.75) is 19.8 Å². The molecule has 0 amide bonds. The second-order valence-electron chi connectivity index (χ2n) is 2.17. The third-order valence-electron chi connectivity index (χ3n) is 1.18. The number of hydrogen-bond donors (Lipinski definition) is 1. The Kier molecular flexibility index (Phi) is 5.74. The number of hydrogen-bond acceptors (Lipinski definition) is 2. The quantitative estimate of drug-likeness (QED) is 0.395. The molecule has 0 bridgehead atoms. The summed E-state index contributed by atoms with van der Waals surface area (Å²) < 4.78 is 0. The van der Waals surface area contributed by atoms with Crippen LogP contribution in [0.2, 0.25) is 0 Å². The number of nitrogens with one attached hydrogen (secondary N) is 1. The molecular weight excluding hydrogens is 158 g/mol. The maximum absolute atomic E-state index is 4.93.